The lowest BCUT2D eigenvalue weighted by atomic mass is 9.99. The third kappa shape index (κ3) is 3.41. The number of furan rings is 1. The number of amides is 1. The quantitative estimate of drug-likeness (QED) is 0.813. The molecule has 0 spiro atoms. The first kappa shape index (κ1) is 14.9. The zero-order valence-corrected chi connectivity index (χ0v) is 13.0. The number of carbonyl (C=O) groups is 1. The van der Waals surface area contributed by atoms with Crippen LogP contribution in [-0.2, 0) is 0 Å². The fraction of sp³-hybridized carbons (Fsp3) is 0.421. The standard InChI is InChI=1S/C19H23NO2/c1-2-3-8-15-13-16(15)18(14-9-5-4-6-10-14)20-19(21)17-11-7-12-22-17/h4-7,9-12,15-16,18H,2-3,8,13H2,1H3,(H,20,21)/t15-,16-,18+/m1/s1. The predicted molar refractivity (Wildman–Crippen MR) is 86.5 cm³/mol. The van der Waals surface area contributed by atoms with Crippen LogP contribution in [0.3, 0.4) is 0 Å². The maximum absolute atomic E-state index is 12.3. The van der Waals surface area contributed by atoms with Crippen molar-refractivity contribution in [1.29, 1.82) is 0 Å². The van der Waals surface area contributed by atoms with E-state index >= 15 is 0 Å². The molecule has 3 rings (SSSR count). The highest BCUT2D eigenvalue weighted by molar-refractivity contribution is 5.91. The average Bonchev–Trinajstić information content (AvgIpc) is 3.09. The molecule has 0 saturated heterocycles. The first-order chi connectivity index (χ1) is 10.8. The van der Waals surface area contributed by atoms with Crippen LogP contribution in [0, 0.1) is 11.8 Å². The van der Waals surface area contributed by atoms with Crippen LogP contribution in [0.2, 0.25) is 0 Å². The van der Waals surface area contributed by atoms with E-state index < -0.39 is 0 Å². The highest BCUT2D eigenvalue weighted by Gasteiger charge is 2.43. The van der Waals surface area contributed by atoms with Crippen molar-refractivity contribution in [3.8, 4) is 0 Å². The Balaban J connectivity index is 1.72. The van der Waals surface area contributed by atoms with Gasteiger partial charge in [-0.2, -0.15) is 0 Å². The van der Waals surface area contributed by atoms with Crippen molar-refractivity contribution in [2.24, 2.45) is 11.8 Å². The van der Waals surface area contributed by atoms with E-state index in [1.165, 1.54) is 37.5 Å². The molecule has 1 amide bonds. The van der Waals surface area contributed by atoms with Crippen molar-refractivity contribution in [3.63, 3.8) is 0 Å². The molecule has 116 valence electrons. The van der Waals surface area contributed by atoms with Gasteiger partial charge >= 0.3 is 0 Å². The van der Waals surface area contributed by atoms with Crippen molar-refractivity contribution in [2.45, 2.75) is 38.6 Å². The molecule has 1 N–H and O–H groups in total. The summed E-state index contributed by atoms with van der Waals surface area (Å²) in [6, 6.07) is 13.8. The van der Waals surface area contributed by atoms with Crippen molar-refractivity contribution >= 4 is 5.91 Å². The molecule has 2 aromatic rings. The van der Waals surface area contributed by atoms with Crippen LogP contribution in [0.5, 0.6) is 0 Å². The molecule has 3 heteroatoms. The Morgan fingerprint density at radius 3 is 2.77 bits per heavy atom. The molecule has 1 aromatic heterocycles. The van der Waals surface area contributed by atoms with Crippen molar-refractivity contribution in [2.75, 3.05) is 0 Å². The van der Waals surface area contributed by atoms with E-state index in [0.717, 1.165) is 5.92 Å². The molecule has 1 aliphatic carbocycles. The lowest BCUT2D eigenvalue weighted by molar-refractivity contribution is 0.0902. The molecule has 1 aliphatic rings. The molecule has 1 heterocycles. The molecular formula is C19H23NO2. The fourth-order valence-electron chi connectivity index (χ4n) is 3.20. The third-order valence-corrected chi connectivity index (χ3v) is 4.52. The van der Waals surface area contributed by atoms with Gasteiger partial charge in [0.15, 0.2) is 5.76 Å². The van der Waals surface area contributed by atoms with Gasteiger partial charge in [-0.25, -0.2) is 0 Å². The second-order valence-electron chi connectivity index (χ2n) is 6.14. The zero-order chi connectivity index (χ0) is 15.4. The summed E-state index contributed by atoms with van der Waals surface area (Å²) in [4.78, 5) is 12.3. The minimum atomic E-state index is -0.125. The van der Waals surface area contributed by atoms with E-state index in [-0.39, 0.29) is 11.9 Å². The maximum Gasteiger partial charge on any atom is 0.287 e. The summed E-state index contributed by atoms with van der Waals surface area (Å²) in [6.07, 6.45) is 6.51. The van der Waals surface area contributed by atoms with Crippen LogP contribution >= 0.6 is 0 Å². The van der Waals surface area contributed by atoms with E-state index in [1.807, 2.05) is 18.2 Å². The molecule has 1 saturated carbocycles. The summed E-state index contributed by atoms with van der Waals surface area (Å²) in [5.41, 5.74) is 1.19. The van der Waals surface area contributed by atoms with Gasteiger partial charge in [-0.3, -0.25) is 4.79 Å². The van der Waals surface area contributed by atoms with Crippen LogP contribution in [0.25, 0.3) is 0 Å². The molecule has 3 nitrogen and oxygen atoms in total. The van der Waals surface area contributed by atoms with Crippen LogP contribution in [0.1, 0.15) is 54.8 Å². The van der Waals surface area contributed by atoms with Gasteiger partial charge < -0.3 is 9.73 Å². The summed E-state index contributed by atoms with van der Waals surface area (Å²) in [5.74, 6) is 1.54. The Bertz CT molecular complexity index is 591. The molecule has 0 bridgehead atoms. The average molecular weight is 297 g/mol. The largest absolute Gasteiger partial charge is 0.459 e. The van der Waals surface area contributed by atoms with Crippen molar-refractivity contribution in [1.82, 2.24) is 5.32 Å². The van der Waals surface area contributed by atoms with Crippen LogP contribution in [-0.4, -0.2) is 5.91 Å². The number of unbranched alkanes of at least 4 members (excludes halogenated alkanes) is 1. The number of nitrogens with one attached hydrogen (secondary N) is 1. The summed E-state index contributed by atoms with van der Waals surface area (Å²) in [5, 5.41) is 3.17. The Labute approximate surface area is 131 Å². The van der Waals surface area contributed by atoms with E-state index in [2.05, 4.69) is 24.4 Å². The lowest BCUT2D eigenvalue weighted by Crippen LogP contribution is -2.30. The van der Waals surface area contributed by atoms with Gasteiger partial charge in [0.05, 0.1) is 12.3 Å². The van der Waals surface area contributed by atoms with Gasteiger partial charge in [-0.1, -0.05) is 56.5 Å². The van der Waals surface area contributed by atoms with E-state index in [9.17, 15) is 4.79 Å². The van der Waals surface area contributed by atoms with E-state index in [0.29, 0.717) is 11.7 Å². The maximum atomic E-state index is 12.3. The van der Waals surface area contributed by atoms with Crippen molar-refractivity contribution < 1.29 is 9.21 Å². The second-order valence-corrected chi connectivity index (χ2v) is 6.14. The van der Waals surface area contributed by atoms with Gasteiger partial charge in [-0.15, -0.1) is 0 Å². The number of rotatable bonds is 7. The molecule has 1 fully saturated rings. The normalized spacial score (nSPS) is 21.3. The summed E-state index contributed by atoms with van der Waals surface area (Å²) in [6.45, 7) is 2.23. The number of hydrogen-bond acceptors (Lipinski definition) is 2. The highest BCUT2D eigenvalue weighted by atomic mass is 16.3. The topological polar surface area (TPSA) is 42.2 Å². The van der Waals surface area contributed by atoms with E-state index in [4.69, 9.17) is 4.42 Å². The Morgan fingerprint density at radius 2 is 2.09 bits per heavy atom. The Kier molecular flexibility index (Phi) is 4.62. The molecule has 3 atom stereocenters. The third-order valence-electron chi connectivity index (χ3n) is 4.52. The number of hydrogen-bond donors (Lipinski definition) is 1. The van der Waals surface area contributed by atoms with Gasteiger partial charge in [0, 0.05) is 0 Å². The minimum absolute atomic E-state index is 0.0839. The first-order valence-corrected chi connectivity index (χ1v) is 8.19. The van der Waals surface area contributed by atoms with Crippen LogP contribution in [0.4, 0.5) is 0 Å². The molecule has 0 aliphatic heterocycles. The molecule has 22 heavy (non-hydrogen) atoms. The highest BCUT2D eigenvalue weighted by Crippen LogP contribution is 2.50. The Morgan fingerprint density at radius 1 is 1.27 bits per heavy atom. The summed E-state index contributed by atoms with van der Waals surface area (Å²) >= 11 is 0. The fourth-order valence-corrected chi connectivity index (χ4v) is 3.20. The van der Waals surface area contributed by atoms with Gasteiger partial charge in [0.25, 0.3) is 5.91 Å². The Hall–Kier alpha value is -2.03. The lowest BCUT2D eigenvalue weighted by Gasteiger charge is -2.19. The van der Waals surface area contributed by atoms with Crippen LogP contribution in [0.15, 0.2) is 53.1 Å². The van der Waals surface area contributed by atoms with Crippen molar-refractivity contribution in [3.05, 3.63) is 60.1 Å². The van der Waals surface area contributed by atoms with Crippen LogP contribution < -0.4 is 5.32 Å². The molecule has 0 unspecified atom stereocenters. The monoisotopic (exact) mass is 297 g/mol. The summed E-state index contributed by atoms with van der Waals surface area (Å²) < 4.78 is 5.21. The SMILES string of the molecule is CCCC[C@@H]1C[C@H]1[C@@H](NC(=O)c1ccco1)c1ccccc1. The molecule has 0 radical (unpaired) electrons. The summed E-state index contributed by atoms with van der Waals surface area (Å²) in [7, 11) is 0. The molecular weight excluding hydrogens is 274 g/mol. The molecule has 1 aromatic carbocycles. The second kappa shape index (κ2) is 6.82. The minimum Gasteiger partial charge on any atom is -0.459 e. The van der Waals surface area contributed by atoms with E-state index in [1.54, 1.807) is 12.1 Å². The van der Waals surface area contributed by atoms with Gasteiger partial charge in [-0.05, 0) is 36.0 Å². The zero-order valence-electron chi connectivity index (χ0n) is 13.0. The van der Waals surface area contributed by atoms with Gasteiger partial charge in [0.1, 0.15) is 0 Å². The smallest absolute Gasteiger partial charge is 0.287 e. The predicted octanol–water partition coefficient (Wildman–Crippen LogP) is 4.58. The van der Waals surface area contributed by atoms with Gasteiger partial charge in [0.2, 0.25) is 0 Å². The number of benzene rings is 1. The first-order valence-electron chi connectivity index (χ1n) is 8.19. The number of carbonyl (C=O) groups excluding carboxylic acids is 1.